The Balaban J connectivity index is 2.80. The first-order valence-electron chi connectivity index (χ1n) is 6.59. The molecule has 3 heteroatoms. The molecule has 1 heterocycles. The van der Waals surface area contributed by atoms with Crippen LogP contribution in [0.25, 0.3) is 0 Å². The minimum absolute atomic E-state index is 0.0564. The van der Waals surface area contributed by atoms with Crippen LogP contribution in [-0.4, -0.2) is 13.1 Å². The van der Waals surface area contributed by atoms with E-state index >= 15 is 0 Å². The van der Waals surface area contributed by atoms with Crippen molar-refractivity contribution in [2.45, 2.75) is 52.4 Å². The maximum absolute atomic E-state index is 11.5. The van der Waals surface area contributed by atoms with Gasteiger partial charge < -0.3 is 9.47 Å². The van der Waals surface area contributed by atoms with Gasteiger partial charge in [-0.05, 0) is 16.4 Å². The van der Waals surface area contributed by atoms with Gasteiger partial charge in [0.1, 0.15) is 0 Å². The molecule has 2 rings (SSSR count). The van der Waals surface area contributed by atoms with Crippen molar-refractivity contribution in [2.24, 2.45) is 0 Å². The third kappa shape index (κ3) is 2.34. The van der Waals surface area contributed by atoms with Gasteiger partial charge in [0.25, 0.3) is 0 Å². The fourth-order valence-corrected chi connectivity index (χ4v) is 2.38. The van der Waals surface area contributed by atoms with Crippen LogP contribution in [0.5, 0.6) is 11.5 Å². The first kappa shape index (κ1) is 13.9. The van der Waals surface area contributed by atoms with E-state index in [1.807, 2.05) is 0 Å². The summed E-state index contributed by atoms with van der Waals surface area (Å²) in [5, 5.41) is 0. The first-order chi connectivity index (χ1) is 8.66. The standard InChI is InChI=1S/C16H22O3/c1-15(2,3)11-7-12(16(4,5)6)14-13(10(11)8-17)18-9-19-14/h7-8H,9H2,1-6H3. The fourth-order valence-electron chi connectivity index (χ4n) is 2.38. The quantitative estimate of drug-likeness (QED) is 0.722. The van der Waals surface area contributed by atoms with Crippen molar-refractivity contribution >= 4 is 6.29 Å². The number of hydrogen-bond acceptors (Lipinski definition) is 3. The molecule has 0 bridgehead atoms. The van der Waals surface area contributed by atoms with Crippen LogP contribution < -0.4 is 9.47 Å². The maximum atomic E-state index is 11.5. The Kier molecular flexibility index (Phi) is 3.12. The van der Waals surface area contributed by atoms with Crippen LogP contribution in [0.4, 0.5) is 0 Å². The van der Waals surface area contributed by atoms with E-state index in [1.54, 1.807) is 0 Å². The summed E-state index contributed by atoms with van der Waals surface area (Å²) in [5.41, 5.74) is 2.55. The summed E-state index contributed by atoms with van der Waals surface area (Å²) in [6, 6.07) is 2.09. The molecule has 1 aromatic carbocycles. The number of ether oxygens (including phenoxy) is 2. The second-order valence-electron chi connectivity index (χ2n) is 7.07. The molecule has 0 saturated heterocycles. The van der Waals surface area contributed by atoms with Gasteiger partial charge in [-0.15, -0.1) is 0 Å². The topological polar surface area (TPSA) is 35.5 Å². The monoisotopic (exact) mass is 262 g/mol. The lowest BCUT2D eigenvalue weighted by molar-refractivity contribution is 0.111. The third-order valence-corrected chi connectivity index (χ3v) is 3.41. The Hall–Kier alpha value is -1.51. The third-order valence-electron chi connectivity index (χ3n) is 3.41. The van der Waals surface area contributed by atoms with Crippen LogP contribution >= 0.6 is 0 Å². The highest BCUT2D eigenvalue weighted by Gasteiger charge is 2.33. The van der Waals surface area contributed by atoms with E-state index in [9.17, 15) is 4.79 Å². The van der Waals surface area contributed by atoms with Crippen LogP contribution in [-0.2, 0) is 10.8 Å². The zero-order valence-corrected chi connectivity index (χ0v) is 12.6. The van der Waals surface area contributed by atoms with Crippen molar-refractivity contribution in [3.8, 4) is 11.5 Å². The van der Waals surface area contributed by atoms with Crippen LogP contribution in [0.3, 0.4) is 0 Å². The molecule has 3 nitrogen and oxygen atoms in total. The number of fused-ring (bicyclic) bond motifs is 1. The highest BCUT2D eigenvalue weighted by Crippen LogP contribution is 2.47. The Morgan fingerprint density at radius 1 is 0.947 bits per heavy atom. The zero-order valence-electron chi connectivity index (χ0n) is 12.6. The lowest BCUT2D eigenvalue weighted by atomic mass is 9.78. The number of benzene rings is 1. The van der Waals surface area contributed by atoms with Gasteiger partial charge in [0, 0.05) is 5.56 Å². The lowest BCUT2D eigenvalue weighted by Crippen LogP contribution is -2.19. The maximum Gasteiger partial charge on any atom is 0.231 e. The van der Waals surface area contributed by atoms with Crippen molar-refractivity contribution in [1.82, 2.24) is 0 Å². The fraction of sp³-hybridized carbons (Fsp3) is 0.562. The number of hydrogen-bond donors (Lipinski definition) is 0. The normalized spacial score (nSPS) is 14.6. The molecule has 0 aromatic heterocycles. The number of rotatable bonds is 1. The molecule has 0 atom stereocenters. The van der Waals surface area contributed by atoms with Crippen LogP contribution in [0, 0.1) is 0 Å². The molecular formula is C16H22O3. The molecule has 0 aliphatic carbocycles. The first-order valence-corrected chi connectivity index (χ1v) is 6.59. The molecule has 0 saturated carbocycles. The Morgan fingerprint density at radius 2 is 1.47 bits per heavy atom. The second kappa shape index (κ2) is 4.26. The SMILES string of the molecule is CC(C)(C)c1cc(C(C)(C)C)c2c(c1C=O)OCO2. The van der Waals surface area contributed by atoms with Crippen LogP contribution in [0.15, 0.2) is 6.07 Å². The van der Waals surface area contributed by atoms with Crippen molar-refractivity contribution in [3.05, 3.63) is 22.8 Å². The number of carbonyl (C=O) groups excluding carboxylic acids is 1. The van der Waals surface area contributed by atoms with E-state index in [2.05, 4.69) is 47.6 Å². The average Bonchev–Trinajstić information content (AvgIpc) is 2.72. The van der Waals surface area contributed by atoms with Crippen LogP contribution in [0.1, 0.15) is 63.0 Å². The van der Waals surface area contributed by atoms with Gasteiger partial charge in [-0.2, -0.15) is 0 Å². The summed E-state index contributed by atoms with van der Waals surface area (Å²) in [6.07, 6.45) is 0.876. The zero-order chi connectivity index (χ0) is 14.4. The van der Waals surface area contributed by atoms with Crippen molar-refractivity contribution < 1.29 is 14.3 Å². The van der Waals surface area contributed by atoms with E-state index in [4.69, 9.17) is 9.47 Å². The molecule has 1 aromatic rings. The molecule has 0 spiro atoms. The van der Waals surface area contributed by atoms with E-state index in [0.29, 0.717) is 11.3 Å². The van der Waals surface area contributed by atoms with E-state index in [0.717, 1.165) is 23.2 Å². The molecule has 19 heavy (non-hydrogen) atoms. The summed E-state index contributed by atoms with van der Waals surface area (Å²) in [7, 11) is 0. The molecule has 104 valence electrons. The minimum atomic E-state index is -0.114. The largest absolute Gasteiger partial charge is 0.453 e. The minimum Gasteiger partial charge on any atom is -0.453 e. The van der Waals surface area contributed by atoms with Crippen molar-refractivity contribution in [3.63, 3.8) is 0 Å². The predicted molar refractivity (Wildman–Crippen MR) is 75.4 cm³/mol. The summed E-state index contributed by atoms with van der Waals surface area (Å²) in [4.78, 5) is 11.5. The summed E-state index contributed by atoms with van der Waals surface area (Å²) >= 11 is 0. The van der Waals surface area contributed by atoms with Gasteiger partial charge in [0.05, 0.1) is 5.56 Å². The highest BCUT2D eigenvalue weighted by atomic mass is 16.7. The molecule has 1 aliphatic heterocycles. The van der Waals surface area contributed by atoms with Gasteiger partial charge in [-0.1, -0.05) is 47.6 Å². The van der Waals surface area contributed by atoms with E-state index < -0.39 is 0 Å². The van der Waals surface area contributed by atoms with Crippen LogP contribution in [0.2, 0.25) is 0 Å². The Bertz CT molecular complexity index is 516. The van der Waals surface area contributed by atoms with Gasteiger partial charge in [0.15, 0.2) is 17.8 Å². The summed E-state index contributed by atoms with van der Waals surface area (Å²) in [6.45, 7) is 12.9. The predicted octanol–water partition coefficient (Wildman–Crippen LogP) is 3.82. The van der Waals surface area contributed by atoms with E-state index in [1.165, 1.54) is 0 Å². The average molecular weight is 262 g/mol. The van der Waals surface area contributed by atoms with E-state index in [-0.39, 0.29) is 17.6 Å². The summed E-state index contributed by atoms with van der Waals surface area (Å²) in [5.74, 6) is 1.33. The second-order valence-corrected chi connectivity index (χ2v) is 7.07. The highest BCUT2D eigenvalue weighted by molar-refractivity contribution is 5.85. The molecule has 1 aliphatic rings. The Morgan fingerprint density at radius 3 is 1.95 bits per heavy atom. The molecule has 0 radical (unpaired) electrons. The van der Waals surface area contributed by atoms with Crippen molar-refractivity contribution in [2.75, 3.05) is 6.79 Å². The van der Waals surface area contributed by atoms with Gasteiger partial charge in [-0.25, -0.2) is 0 Å². The molecule has 0 amide bonds. The molecule has 0 unspecified atom stereocenters. The number of aldehydes is 1. The summed E-state index contributed by atoms with van der Waals surface area (Å²) < 4.78 is 11.1. The molecular weight excluding hydrogens is 240 g/mol. The number of carbonyl (C=O) groups is 1. The van der Waals surface area contributed by atoms with Crippen molar-refractivity contribution in [1.29, 1.82) is 0 Å². The molecule has 0 fully saturated rings. The smallest absolute Gasteiger partial charge is 0.231 e. The Labute approximate surface area is 114 Å². The van der Waals surface area contributed by atoms with Gasteiger partial charge in [-0.3, -0.25) is 4.79 Å². The van der Waals surface area contributed by atoms with Gasteiger partial charge in [0.2, 0.25) is 6.79 Å². The molecule has 0 N–H and O–H groups in total. The lowest BCUT2D eigenvalue weighted by Gasteiger charge is -2.27. The van der Waals surface area contributed by atoms with Gasteiger partial charge >= 0.3 is 0 Å².